The highest BCUT2D eigenvalue weighted by atomic mass is 35.5. The van der Waals surface area contributed by atoms with E-state index in [9.17, 15) is 9.90 Å². The molecular weight excluding hydrogens is 487 g/mol. The summed E-state index contributed by atoms with van der Waals surface area (Å²) in [7, 11) is 0. The van der Waals surface area contributed by atoms with Crippen LogP contribution in [-0.4, -0.2) is 16.1 Å². The summed E-state index contributed by atoms with van der Waals surface area (Å²) in [4.78, 5) is 15.8. The molecule has 0 atom stereocenters. The first-order valence-electron chi connectivity index (χ1n) is 7.69. The lowest BCUT2D eigenvalue weighted by molar-refractivity contribution is -0.136. The van der Waals surface area contributed by atoms with Crippen molar-refractivity contribution in [3.05, 3.63) is 72.2 Å². The minimum atomic E-state index is -1.05. The maximum Gasteiger partial charge on any atom is 0.307 e. The minimum Gasteiger partial charge on any atom is -0.481 e. The van der Waals surface area contributed by atoms with Crippen LogP contribution >= 0.6 is 69.6 Å². The molecule has 0 spiro atoms. The standard InChI is InChI=1S/C19H9Cl6NO2/c20-9-1-3-11(22)17(24)15(9)14-8(7-13(27)28)5-6-26-19(14)16-10(21)2-4-12(23)18(16)25/h1-6H,7H2,(H,27,28). The summed E-state index contributed by atoms with van der Waals surface area (Å²) in [6.07, 6.45) is 1.15. The molecule has 3 nitrogen and oxygen atoms in total. The zero-order valence-electron chi connectivity index (χ0n) is 13.7. The second kappa shape index (κ2) is 8.66. The molecule has 1 heterocycles. The monoisotopic (exact) mass is 493 g/mol. The van der Waals surface area contributed by atoms with Crippen molar-refractivity contribution >= 4 is 75.6 Å². The predicted molar refractivity (Wildman–Crippen MR) is 117 cm³/mol. The number of aliphatic carboxylic acids is 1. The molecule has 0 fully saturated rings. The average molecular weight is 496 g/mol. The number of rotatable bonds is 4. The molecule has 3 rings (SSSR count). The van der Waals surface area contributed by atoms with E-state index in [2.05, 4.69) is 4.98 Å². The smallest absolute Gasteiger partial charge is 0.307 e. The quantitative estimate of drug-likeness (QED) is 0.373. The Kier molecular flexibility index (Phi) is 6.65. The number of hydrogen-bond acceptors (Lipinski definition) is 2. The Morgan fingerprint density at radius 2 is 1.25 bits per heavy atom. The van der Waals surface area contributed by atoms with Crippen LogP contribution in [0.3, 0.4) is 0 Å². The van der Waals surface area contributed by atoms with Gasteiger partial charge in [0.25, 0.3) is 0 Å². The SMILES string of the molecule is O=C(O)Cc1ccnc(-c2c(Cl)ccc(Cl)c2Cl)c1-c1c(Cl)ccc(Cl)c1Cl. The maximum absolute atomic E-state index is 11.4. The van der Waals surface area contributed by atoms with Gasteiger partial charge in [-0.1, -0.05) is 69.6 Å². The second-order valence-corrected chi connectivity index (χ2v) is 8.09. The van der Waals surface area contributed by atoms with Gasteiger partial charge >= 0.3 is 5.97 Å². The molecule has 0 aliphatic rings. The van der Waals surface area contributed by atoms with Crippen molar-refractivity contribution in [2.45, 2.75) is 6.42 Å². The summed E-state index contributed by atoms with van der Waals surface area (Å²) >= 11 is 37.9. The third kappa shape index (κ3) is 4.06. The zero-order chi connectivity index (χ0) is 20.6. The topological polar surface area (TPSA) is 50.2 Å². The molecule has 3 aromatic rings. The van der Waals surface area contributed by atoms with Gasteiger partial charge in [0.15, 0.2) is 0 Å². The number of benzene rings is 2. The first kappa shape index (κ1) is 21.5. The molecule has 0 saturated carbocycles. The van der Waals surface area contributed by atoms with Gasteiger partial charge in [0.1, 0.15) is 0 Å². The summed E-state index contributed by atoms with van der Waals surface area (Å²) < 4.78 is 0. The highest BCUT2D eigenvalue weighted by Crippen LogP contribution is 2.47. The van der Waals surface area contributed by atoms with Crippen LogP contribution in [0, 0.1) is 0 Å². The van der Waals surface area contributed by atoms with E-state index in [1.807, 2.05) is 0 Å². The number of hydrogen-bond donors (Lipinski definition) is 1. The largest absolute Gasteiger partial charge is 0.481 e. The van der Waals surface area contributed by atoms with E-state index in [1.54, 1.807) is 30.3 Å². The average Bonchev–Trinajstić information content (AvgIpc) is 2.63. The van der Waals surface area contributed by atoms with Crippen molar-refractivity contribution in [2.24, 2.45) is 0 Å². The number of carboxylic acid groups (broad SMARTS) is 1. The number of carbonyl (C=O) groups is 1. The van der Waals surface area contributed by atoms with Crippen molar-refractivity contribution in [3.8, 4) is 22.4 Å². The van der Waals surface area contributed by atoms with Crippen molar-refractivity contribution in [2.75, 3.05) is 0 Å². The van der Waals surface area contributed by atoms with Crippen LogP contribution in [0.2, 0.25) is 30.1 Å². The summed E-state index contributed by atoms with van der Waals surface area (Å²) in [6.45, 7) is 0. The first-order chi connectivity index (χ1) is 13.2. The molecule has 28 heavy (non-hydrogen) atoms. The fourth-order valence-corrected chi connectivity index (χ4v) is 4.21. The fourth-order valence-electron chi connectivity index (χ4n) is 2.78. The van der Waals surface area contributed by atoms with Gasteiger partial charge in [0.05, 0.1) is 42.3 Å². The summed E-state index contributed by atoms with van der Waals surface area (Å²) in [5, 5.41) is 10.8. The predicted octanol–water partition coefficient (Wildman–Crippen LogP) is 7.96. The third-order valence-electron chi connectivity index (χ3n) is 3.95. The van der Waals surface area contributed by atoms with E-state index in [-0.39, 0.29) is 36.6 Å². The van der Waals surface area contributed by atoms with E-state index in [1.165, 1.54) is 6.20 Å². The van der Waals surface area contributed by atoms with E-state index in [0.29, 0.717) is 27.9 Å². The zero-order valence-corrected chi connectivity index (χ0v) is 18.3. The van der Waals surface area contributed by atoms with Crippen LogP contribution in [0.4, 0.5) is 0 Å². The number of aromatic nitrogens is 1. The molecule has 2 aromatic carbocycles. The van der Waals surface area contributed by atoms with Gasteiger partial charge in [-0.15, -0.1) is 0 Å². The van der Waals surface area contributed by atoms with Crippen LogP contribution in [0.1, 0.15) is 5.56 Å². The van der Waals surface area contributed by atoms with Gasteiger partial charge in [-0.3, -0.25) is 9.78 Å². The number of nitrogens with zero attached hydrogens (tertiary/aromatic N) is 1. The van der Waals surface area contributed by atoms with E-state index in [0.717, 1.165) is 0 Å². The molecule has 0 aliphatic heterocycles. The van der Waals surface area contributed by atoms with Crippen molar-refractivity contribution in [1.29, 1.82) is 0 Å². The van der Waals surface area contributed by atoms with Crippen LogP contribution in [-0.2, 0) is 11.2 Å². The van der Waals surface area contributed by atoms with Gasteiger partial charge < -0.3 is 5.11 Å². The minimum absolute atomic E-state index is 0.157. The molecule has 0 radical (unpaired) electrons. The lowest BCUT2D eigenvalue weighted by Gasteiger charge is -2.18. The Labute approximate surface area is 190 Å². The van der Waals surface area contributed by atoms with Gasteiger partial charge in [-0.05, 0) is 35.9 Å². The Morgan fingerprint density at radius 3 is 1.82 bits per heavy atom. The van der Waals surface area contributed by atoms with Gasteiger partial charge in [0, 0.05) is 22.9 Å². The van der Waals surface area contributed by atoms with Crippen LogP contribution in [0.15, 0.2) is 36.5 Å². The highest BCUT2D eigenvalue weighted by Gasteiger charge is 2.24. The molecule has 0 bridgehead atoms. The van der Waals surface area contributed by atoms with Gasteiger partial charge in [-0.25, -0.2) is 0 Å². The van der Waals surface area contributed by atoms with Gasteiger partial charge in [-0.2, -0.15) is 0 Å². The highest BCUT2D eigenvalue weighted by molar-refractivity contribution is 6.47. The number of halogens is 6. The molecule has 9 heteroatoms. The third-order valence-corrected chi connectivity index (χ3v) is 6.19. The van der Waals surface area contributed by atoms with Crippen molar-refractivity contribution in [3.63, 3.8) is 0 Å². The van der Waals surface area contributed by atoms with Crippen molar-refractivity contribution in [1.82, 2.24) is 4.98 Å². The summed E-state index contributed by atoms with van der Waals surface area (Å²) in [6, 6.07) is 7.79. The molecule has 1 aromatic heterocycles. The molecule has 1 N–H and O–H groups in total. The van der Waals surface area contributed by atoms with Crippen LogP contribution in [0.25, 0.3) is 22.4 Å². The lowest BCUT2D eigenvalue weighted by Crippen LogP contribution is -2.05. The molecule has 0 saturated heterocycles. The van der Waals surface area contributed by atoms with Crippen LogP contribution in [0.5, 0.6) is 0 Å². The Hall–Kier alpha value is -1.20. The van der Waals surface area contributed by atoms with Gasteiger partial charge in [0.2, 0.25) is 0 Å². The molecule has 0 unspecified atom stereocenters. The summed E-state index contributed by atoms with van der Waals surface area (Å²) in [5.74, 6) is -1.05. The molecule has 144 valence electrons. The normalized spacial score (nSPS) is 10.9. The Balaban J connectivity index is 2.47. The Morgan fingerprint density at radius 1 is 0.750 bits per heavy atom. The maximum atomic E-state index is 11.4. The number of carboxylic acids is 1. The van der Waals surface area contributed by atoms with Crippen LogP contribution < -0.4 is 0 Å². The summed E-state index contributed by atoms with van der Waals surface area (Å²) in [5.41, 5.74) is 1.75. The second-order valence-electron chi connectivity index (χ2n) is 5.70. The molecule has 0 aliphatic carbocycles. The lowest BCUT2D eigenvalue weighted by atomic mass is 9.93. The van der Waals surface area contributed by atoms with E-state index >= 15 is 0 Å². The Bertz CT molecular complexity index is 1100. The molecule has 0 amide bonds. The van der Waals surface area contributed by atoms with Crippen molar-refractivity contribution < 1.29 is 9.90 Å². The first-order valence-corrected chi connectivity index (χ1v) is 9.96. The molecular formula is C19H9Cl6NO2. The van der Waals surface area contributed by atoms with E-state index < -0.39 is 5.97 Å². The van der Waals surface area contributed by atoms with E-state index in [4.69, 9.17) is 69.6 Å². The fraction of sp³-hybridized carbons (Fsp3) is 0.0526. The number of pyridine rings is 1.